The average molecular weight is 301 g/mol. The van der Waals surface area contributed by atoms with E-state index < -0.39 is 13.9 Å². The fourth-order valence-electron chi connectivity index (χ4n) is 1.49. The van der Waals surface area contributed by atoms with E-state index in [0.717, 1.165) is 12.7 Å². The fraction of sp³-hybridized carbons (Fsp3) is 0.333. The molecular weight excluding hydrogens is 285 g/mol. The van der Waals surface area contributed by atoms with Crippen molar-refractivity contribution in [3.8, 4) is 5.75 Å². The maximum atomic E-state index is 11.3. The van der Waals surface area contributed by atoms with Crippen molar-refractivity contribution in [2.45, 2.75) is 19.4 Å². The van der Waals surface area contributed by atoms with E-state index in [1.807, 2.05) is 0 Å². The Kier molecular flexibility index (Phi) is 5.88. The van der Waals surface area contributed by atoms with Crippen LogP contribution >= 0.6 is 7.82 Å². The summed E-state index contributed by atoms with van der Waals surface area (Å²) in [4.78, 5) is 30.8. The number of phosphoric acid groups is 1. The molecule has 1 aromatic rings. The molecule has 1 unspecified atom stereocenters. The number of nitrogens with one attached hydrogen (secondary N) is 1. The number of carbonyl (C=O) groups is 2. The number of rotatable bonds is 8. The van der Waals surface area contributed by atoms with Gasteiger partial charge >= 0.3 is 7.82 Å². The summed E-state index contributed by atoms with van der Waals surface area (Å²) in [5.41, 5.74) is 0.775. The van der Waals surface area contributed by atoms with Crippen LogP contribution in [-0.2, 0) is 25.1 Å². The van der Waals surface area contributed by atoms with E-state index >= 15 is 0 Å². The zero-order valence-corrected chi connectivity index (χ0v) is 12.0. The number of Topliss-reactive ketones (excluding diaryl/α,β-unsaturated/α-hetero) is 1. The number of benzene rings is 1. The molecule has 0 bridgehead atoms. The number of phosphoric ester groups is 1. The molecule has 0 aliphatic rings. The van der Waals surface area contributed by atoms with Gasteiger partial charge in [0.2, 0.25) is 6.41 Å². The zero-order chi connectivity index (χ0) is 15.2. The Hall–Kier alpha value is -1.69. The molecule has 0 saturated heterocycles. The third kappa shape index (κ3) is 5.13. The number of hydrogen-bond donors (Lipinski definition) is 2. The normalized spacial score (nSPS) is 14.9. The van der Waals surface area contributed by atoms with Gasteiger partial charge in [0.05, 0.1) is 6.04 Å². The van der Waals surface area contributed by atoms with E-state index in [-0.39, 0.29) is 11.5 Å². The molecule has 0 fully saturated rings. The van der Waals surface area contributed by atoms with Crippen LogP contribution in [0, 0.1) is 0 Å². The summed E-state index contributed by atoms with van der Waals surface area (Å²) in [6, 6.07) is 5.63. The van der Waals surface area contributed by atoms with Gasteiger partial charge in [0.1, 0.15) is 5.75 Å². The molecule has 0 saturated carbocycles. The molecule has 1 rings (SSSR count). The number of carbonyl (C=O) groups excluding carboxylic acids is 2. The molecule has 0 radical (unpaired) electrons. The number of hydrogen-bond acceptors (Lipinski definition) is 5. The smallest absolute Gasteiger partial charge is 0.404 e. The van der Waals surface area contributed by atoms with Crippen molar-refractivity contribution in [1.29, 1.82) is 0 Å². The van der Waals surface area contributed by atoms with Crippen LogP contribution in [0.4, 0.5) is 0 Å². The quantitative estimate of drug-likeness (QED) is 0.550. The van der Waals surface area contributed by atoms with Gasteiger partial charge in [0.25, 0.3) is 0 Å². The van der Waals surface area contributed by atoms with Gasteiger partial charge in [-0.25, -0.2) is 4.57 Å². The maximum absolute atomic E-state index is 11.3. The lowest BCUT2D eigenvalue weighted by Gasteiger charge is -2.13. The van der Waals surface area contributed by atoms with E-state index in [4.69, 9.17) is 9.42 Å². The summed E-state index contributed by atoms with van der Waals surface area (Å²) < 4.78 is 20.3. The van der Waals surface area contributed by atoms with Gasteiger partial charge in [-0.3, -0.25) is 19.0 Å². The van der Waals surface area contributed by atoms with Gasteiger partial charge < -0.3 is 9.84 Å². The molecule has 0 aliphatic heterocycles. The second-order valence-electron chi connectivity index (χ2n) is 4.04. The molecule has 1 aromatic carbocycles. The Balaban J connectivity index is 2.73. The lowest BCUT2D eigenvalue weighted by Crippen LogP contribution is -2.36. The van der Waals surface area contributed by atoms with Crippen molar-refractivity contribution in [2.75, 3.05) is 7.11 Å². The van der Waals surface area contributed by atoms with Crippen LogP contribution < -0.4 is 9.84 Å². The van der Waals surface area contributed by atoms with Crippen LogP contribution in [0.1, 0.15) is 12.5 Å². The van der Waals surface area contributed by atoms with Crippen LogP contribution in [0.2, 0.25) is 0 Å². The van der Waals surface area contributed by atoms with E-state index in [2.05, 4.69) is 9.84 Å². The fourth-order valence-corrected chi connectivity index (χ4v) is 1.96. The Morgan fingerprint density at radius 3 is 2.50 bits per heavy atom. The van der Waals surface area contributed by atoms with Gasteiger partial charge in [-0.15, -0.1) is 0 Å². The van der Waals surface area contributed by atoms with Crippen LogP contribution in [0.3, 0.4) is 0 Å². The summed E-state index contributed by atoms with van der Waals surface area (Å²) in [6.45, 7) is 1.39. The predicted molar refractivity (Wildman–Crippen MR) is 71.3 cm³/mol. The maximum Gasteiger partial charge on any atom is 0.527 e. The lowest BCUT2D eigenvalue weighted by atomic mass is 10.0. The largest absolute Gasteiger partial charge is 0.527 e. The molecule has 7 nitrogen and oxygen atoms in total. The minimum Gasteiger partial charge on any atom is -0.404 e. The molecule has 0 aliphatic carbocycles. The van der Waals surface area contributed by atoms with Crippen molar-refractivity contribution >= 4 is 20.0 Å². The SMILES string of the molecule is COP(=O)(O)Oc1ccc(C[C@H](NC=O)C(C)=O)cc1. The molecule has 0 spiro atoms. The van der Waals surface area contributed by atoms with Crippen LogP contribution in [0.5, 0.6) is 5.75 Å². The van der Waals surface area contributed by atoms with E-state index in [9.17, 15) is 14.2 Å². The van der Waals surface area contributed by atoms with Gasteiger partial charge in [-0.2, -0.15) is 0 Å². The molecule has 1 amide bonds. The lowest BCUT2D eigenvalue weighted by molar-refractivity contribution is -0.121. The number of ketones is 1. The first-order valence-corrected chi connectivity index (χ1v) is 7.24. The van der Waals surface area contributed by atoms with Crippen molar-refractivity contribution in [2.24, 2.45) is 0 Å². The average Bonchev–Trinajstić information content (AvgIpc) is 2.40. The van der Waals surface area contributed by atoms with Gasteiger partial charge in [0.15, 0.2) is 5.78 Å². The molecule has 110 valence electrons. The predicted octanol–water partition coefficient (Wildman–Crippen LogP) is 1.06. The Bertz CT molecular complexity index is 515. The third-order valence-electron chi connectivity index (χ3n) is 2.57. The van der Waals surface area contributed by atoms with Crippen molar-refractivity contribution < 1.29 is 28.1 Å². The topological polar surface area (TPSA) is 102 Å². The molecule has 0 heterocycles. The summed E-state index contributed by atoms with van der Waals surface area (Å²) in [6.07, 6.45) is 0.805. The summed E-state index contributed by atoms with van der Waals surface area (Å²) in [7, 11) is -3.01. The highest BCUT2D eigenvalue weighted by molar-refractivity contribution is 7.47. The molecular formula is C12H16NO6P. The standard InChI is InChI=1S/C12H16NO6P/c1-9(15)12(13-8-14)7-10-3-5-11(6-4-10)19-20(16,17)18-2/h3-6,8,12H,7H2,1-2H3,(H,13,14)(H,16,17)/t12-/m0/s1. The van der Waals surface area contributed by atoms with E-state index in [1.54, 1.807) is 12.1 Å². The molecule has 20 heavy (non-hydrogen) atoms. The molecule has 2 N–H and O–H groups in total. The van der Waals surface area contributed by atoms with Gasteiger partial charge in [-0.1, -0.05) is 12.1 Å². The zero-order valence-electron chi connectivity index (χ0n) is 11.1. The Morgan fingerprint density at radius 1 is 1.45 bits per heavy atom. The van der Waals surface area contributed by atoms with Crippen molar-refractivity contribution in [1.82, 2.24) is 5.32 Å². The minimum atomic E-state index is -4.08. The second kappa shape index (κ2) is 7.19. The first kappa shape index (κ1) is 16.4. The van der Waals surface area contributed by atoms with Crippen LogP contribution in [0.25, 0.3) is 0 Å². The highest BCUT2D eigenvalue weighted by Crippen LogP contribution is 2.42. The van der Waals surface area contributed by atoms with E-state index in [1.165, 1.54) is 19.1 Å². The monoisotopic (exact) mass is 301 g/mol. The molecule has 2 atom stereocenters. The van der Waals surface area contributed by atoms with Gasteiger partial charge in [-0.05, 0) is 31.0 Å². The number of amides is 1. The highest BCUT2D eigenvalue weighted by atomic mass is 31.2. The Morgan fingerprint density at radius 2 is 2.05 bits per heavy atom. The highest BCUT2D eigenvalue weighted by Gasteiger charge is 2.20. The first-order chi connectivity index (χ1) is 9.38. The van der Waals surface area contributed by atoms with Crippen molar-refractivity contribution in [3.05, 3.63) is 29.8 Å². The minimum absolute atomic E-state index is 0.156. The van der Waals surface area contributed by atoms with Gasteiger partial charge in [0, 0.05) is 7.11 Å². The third-order valence-corrected chi connectivity index (χ3v) is 3.48. The van der Waals surface area contributed by atoms with E-state index in [0.29, 0.717) is 12.8 Å². The van der Waals surface area contributed by atoms with Crippen LogP contribution in [0.15, 0.2) is 24.3 Å². The Labute approximate surface area is 116 Å². The summed E-state index contributed by atoms with van der Waals surface area (Å²) >= 11 is 0. The molecule has 8 heteroatoms. The summed E-state index contributed by atoms with van der Waals surface area (Å²) in [5.74, 6) is 0.0147. The molecule has 0 aromatic heterocycles. The van der Waals surface area contributed by atoms with Crippen LogP contribution in [-0.4, -0.2) is 30.2 Å². The first-order valence-electron chi connectivity index (χ1n) is 5.75. The summed E-state index contributed by atoms with van der Waals surface area (Å²) in [5, 5.41) is 2.43. The van der Waals surface area contributed by atoms with Crippen molar-refractivity contribution in [3.63, 3.8) is 0 Å². The second-order valence-corrected chi connectivity index (χ2v) is 5.52.